The maximum absolute atomic E-state index is 14.8. The number of pyridine rings is 1. The van der Waals surface area contributed by atoms with Gasteiger partial charge < -0.3 is 5.11 Å². The van der Waals surface area contributed by atoms with E-state index in [1.165, 1.54) is 12.1 Å². The number of rotatable bonds is 2. The minimum Gasteiger partial charge on any atom is -0.507 e. The van der Waals surface area contributed by atoms with Crippen molar-refractivity contribution in [3.8, 4) is 28.0 Å². The van der Waals surface area contributed by atoms with E-state index in [0.717, 1.165) is 18.3 Å². The van der Waals surface area contributed by atoms with E-state index in [9.17, 15) is 22.7 Å². The molecule has 0 aliphatic heterocycles. The zero-order valence-electron chi connectivity index (χ0n) is 12.2. The van der Waals surface area contributed by atoms with Gasteiger partial charge in [-0.25, -0.2) is 4.39 Å². The molecule has 1 N–H and O–H groups in total. The average molecular weight is 333 g/mol. The van der Waals surface area contributed by atoms with Gasteiger partial charge in [0.05, 0.1) is 5.56 Å². The van der Waals surface area contributed by atoms with Crippen molar-refractivity contribution in [2.75, 3.05) is 0 Å². The van der Waals surface area contributed by atoms with Gasteiger partial charge in [0, 0.05) is 17.3 Å². The van der Waals surface area contributed by atoms with E-state index in [1.807, 2.05) is 0 Å². The summed E-state index contributed by atoms with van der Waals surface area (Å²) >= 11 is 0. The Kier molecular flexibility index (Phi) is 3.97. The first-order valence-electron chi connectivity index (χ1n) is 6.98. The third-order valence-electron chi connectivity index (χ3n) is 3.55. The second kappa shape index (κ2) is 5.96. The normalized spacial score (nSPS) is 11.5. The number of phenolic OH excluding ortho intramolecular Hbond substituents is 1. The third kappa shape index (κ3) is 2.95. The van der Waals surface area contributed by atoms with Gasteiger partial charge in [0.15, 0.2) is 0 Å². The van der Waals surface area contributed by atoms with Gasteiger partial charge in [0.2, 0.25) is 0 Å². The molecule has 3 aromatic rings. The second-order valence-electron chi connectivity index (χ2n) is 5.12. The van der Waals surface area contributed by atoms with E-state index in [4.69, 9.17) is 0 Å². The van der Waals surface area contributed by atoms with E-state index in [-0.39, 0.29) is 22.4 Å². The van der Waals surface area contributed by atoms with Gasteiger partial charge in [-0.2, -0.15) is 13.2 Å². The van der Waals surface area contributed by atoms with Crippen LogP contribution in [-0.4, -0.2) is 10.1 Å². The van der Waals surface area contributed by atoms with Gasteiger partial charge in [0.25, 0.3) is 0 Å². The number of hydrogen-bond acceptors (Lipinski definition) is 2. The van der Waals surface area contributed by atoms with Crippen molar-refractivity contribution in [2.24, 2.45) is 0 Å². The molecular weight excluding hydrogens is 322 g/mol. The zero-order valence-corrected chi connectivity index (χ0v) is 12.2. The summed E-state index contributed by atoms with van der Waals surface area (Å²) in [4.78, 5) is 3.31. The summed E-state index contributed by atoms with van der Waals surface area (Å²) < 4.78 is 52.6. The van der Waals surface area contributed by atoms with Crippen molar-refractivity contribution in [3.63, 3.8) is 0 Å². The van der Waals surface area contributed by atoms with Crippen LogP contribution in [0.15, 0.2) is 60.8 Å². The molecule has 0 saturated heterocycles. The van der Waals surface area contributed by atoms with Crippen molar-refractivity contribution >= 4 is 0 Å². The summed E-state index contributed by atoms with van der Waals surface area (Å²) in [5.41, 5.74) is -0.363. The molecular formula is C18H11F4NO. The number of halogens is 4. The number of aromatic nitrogens is 1. The number of phenols is 1. The van der Waals surface area contributed by atoms with Gasteiger partial charge in [-0.1, -0.05) is 36.4 Å². The van der Waals surface area contributed by atoms with Crippen molar-refractivity contribution in [2.45, 2.75) is 6.18 Å². The van der Waals surface area contributed by atoms with Crippen molar-refractivity contribution in [1.29, 1.82) is 0 Å². The molecule has 0 unspecified atom stereocenters. The highest BCUT2D eigenvalue weighted by Gasteiger charge is 2.32. The molecule has 6 heteroatoms. The van der Waals surface area contributed by atoms with Gasteiger partial charge in [-0.15, -0.1) is 0 Å². The monoisotopic (exact) mass is 333 g/mol. The first-order chi connectivity index (χ1) is 11.4. The van der Waals surface area contributed by atoms with Gasteiger partial charge in [-0.05, 0) is 23.8 Å². The van der Waals surface area contributed by atoms with Crippen LogP contribution in [0.4, 0.5) is 17.6 Å². The van der Waals surface area contributed by atoms with Crippen LogP contribution in [0, 0.1) is 5.82 Å². The van der Waals surface area contributed by atoms with Crippen molar-refractivity contribution in [1.82, 2.24) is 4.98 Å². The molecule has 0 amide bonds. The summed E-state index contributed by atoms with van der Waals surface area (Å²) in [6.45, 7) is 0. The fourth-order valence-electron chi connectivity index (χ4n) is 2.39. The predicted octanol–water partition coefficient (Wildman–Crippen LogP) is 5.28. The van der Waals surface area contributed by atoms with Crippen LogP contribution >= 0.6 is 0 Å². The summed E-state index contributed by atoms with van der Waals surface area (Å²) in [6.07, 6.45) is -3.68. The Bertz CT molecular complexity index is 859. The highest BCUT2D eigenvalue weighted by molar-refractivity contribution is 5.78. The molecule has 0 aliphatic carbocycles. The van der Waals surface area contributed by atoms with Crippen LogP contribution in [0.1, 0.15) is 5.69 Å². The zero-order chi connectivity index (χ0) is 17.3. The Hall–Kier alpha value is -2.89. The SMILES string of the molecule is Oc1ccc(-c2ccccc2)c(F)c1-c1ccc(C(F)(F)F)nc1. The molecule has 0 fully saturated rings. The van der Waals surface area contributed by atoms with Crippen LogP contribution < -0.4 is 0 Å². The van der Waals surface area contributed by atoms with Crippen LogP contribution in [0.2, 0.25) is 0 Å². The van der Waals surface area contributed by atoms with Crippen LogP contribution in [0.25, 0.3) is 22.3 Å². The molecule has 0 saturated carbocycles. The minimum atomic E-state index is -4.58. The van der Waals surface area contributed by atoms with Crippen LogP contribution in [0.3, 0.4) is 0 Å². The average Bonchev–Trinajstić information content (AvgIpc) is 2.55. The molecule has 0 atom stereocenters. The van der Waals surface area contributed by atoms with E-state index in [0.29, 0.717) is 5.56 Å². The number of benzene rings is 2. The first-order valence-corrected chi connectivity index (χ1v) is 6.98. The molecule has 0 spiro atoms. The van der Waals surface area contributed by atoms with E-state index >= 15 is 0 Å². The molecule has 2 aromatic carbocycles. The van der Waals surface area contributed by atoms with Crippen molar-refractivity contribution < 1.29 is 22.7 Å². The Morgan fingerprint density at radius 1 is 0.833 bits per heavy atom. The molecule has 0 bridgehead atoms. The minimum absolute atomic E-state index is 0.0655. The molecule has 24 heavy (non-hydrogen) atoms. The Morgan fingerprint density at radius 2 is 1.54 bits per heavy atom. The molecule has 1 aromatic heterocycles. The molecule has 0 radical (unpaired) electrons. The molecule has 3 rings (SSSR count). The number of alkyl halides is 3. The summed E-state index contributed by atoms with van der Waals surface area (Å²) in [6, 6.07) is 13.2. The number of hydrogen-bond donors (Lipinski definition) is 1. The Labute approximate surface area is 135 Å². The fourth-order valence-corrected chi connectivity index (χ4v) is 2.39. The quantitative estimate of drug-likeness (QED) is 0.647. The maximum Gasteiger partial charge on any atom is 0.433 e. The molecule has 1 heterocycles. The lowest BCUT2D eigenvalue weighted by molar-refractivity contribution is -0.141. The number of nitrogens with zero attached hydrogens (tertiary/aromatic N) is 1. The van der Waals surface area contributed by atoms with Gasteiger partial charge in [-0.3, -0.25) is 4.98 Å². The van der Waals surface area contributed by atoms with Gasteiger partial charge >= 0.3 is 6.18 Å². The second-order valence-corrected chi connectivity index (χ2v) is 5.12. The third-order valence-corrected chi connectivity index (χ3v) is 3.55. The van der Waals surface area contributed by atoms with Crippen LogP contribution in [0.5, 0.6) is 5.75 Å². The topological polar surface area (TPSA) is 33.1 Å². The predicted molar refractivity (Wildman–Crippen MR) is 81.7 cm³/mol. The highest BCUT2D eigenvalue weighted by Crippen LogP contribution is 2.38. The lowest BCUT2D eigenvalue weighted by Crippen LogP contribution is -2.07. The van der Waals surface area contributed by atoms with Crippen molar-refractivity contribution in [3.05, 3.63) is 72.3 Å². The lowest BCUT2D eigenvalue weighted by atomic mass is 9.98. The highest BCUT2D eigenvalue weighted by atomic mass is 19.4. The summed E-state index contributed by atoms with van der Waals surface area (Å²) in [7, 11) is 0. The van der Waals surface area contributed by atoms with E-state index in [1.54, 1.807) is 30.3 Å². The van der Waals surface area contributed by atoms with Crippen LogP contribution in [-0.2, 0) is 6.18 Å². The van der Waals surface area contributed by atoms with E-state index in [2.05, 4.69) is 4.98 Å². The smallest absolute Gasteiger partial charge is 0.433 e. The first kappa shape index (κ1) is 16.0. The van der Waals surface area contributed by atoms with E-state index < -0.39 is 17.7 Å². The largest absolute Gasteiger partial charge is 0.507 e. The fraction of sp³-hybridized carbons (Fsp3) is 0.0556. The number of aromatic hydroxyl groups is 1. The summed E-state index contributed by atoms with van der Waals surface area (Å²) in [5, 5.41) is 9.96. The lowest BCUT2D eigenvalue weighted by Gasteiger charge is -2.12. The Morgan fingerprint density at radius 3 is 2.12 bits per heavy atom. The molecule has 122 valence electrons. The maximum atomic E-state index is 14.8. The molecule has 0 aliphatic rings. The Balaban J connectivity index is 2.11. The molecule has 2 nitrogen and oxygen atoms in total. The standard InChI is InChI=1S/C18H11F4NO/c19-17-13(11-4-2-1-3-5-11)7-8-14(24)16(17)12-6-9-15(23-10-12)18(20,21)22/h1-10,24H. The summed E-state index contributed by atoms with van der Waals surface area (Å²) in [5.74, 6) is -1.09. The van der Waals surface area contributed by atoms with Gasteiger partial charge in [0.1, 0.15) is 17.3 Å².